The fraction of sp³-hybridized carbons (Fsp3) is 0.857. The summed E-state index contributed by atoms with van der Waals surface area (Å²) in [6.07, 6.45) is 4.87. The van der Waals surface area contributed by atoms with Gasteiger partial charge in [0, 0.05) is 13.0 Å². The van der Waals surface area contributed by atoms with Gasteiger partial charge in [-0.3, -0.25) is 9.59 Å². The fourth-order valence-electron chi connectivity index (χ4n) is 2.03. The number of carboxylic acid groups (broad SMARTS) is 1. The quantitative estimate of drug-likeness (QED) is 0.473. The number of aliphatic carboxylic acids is 1. The number of rotatable bonds is 12. The van der Waals surface area contributed by atoms with E-state index >= 15 is 0 Å². The van der Waals surface area contributed by atoms with Crippen LogP contribution in [0, 0.1) is 5.92 Å². The van der Waals surface area contributed by atoms with E-state index in [4.69, 9.17) is 5.11 Å². The lowest BCUT2D eigenvalue weighted by atomic mass is 9.94. The van der Waals surface area contributed by atoms with Gasteiger partial charge in [0.15, 0.2) is 0 Å². The Bertz CT molecular complexity index is 257. The maximum absolute atomic E-state index is 11.5. The van der Waals surface area contributed by atoms with Crippen LogP contribution in [0.25, 0.3) is 0 Å². The van der Waals surface area contributed by atoms with Gasteiger partial charge >= 0.3 is 5.97 Å². The second-order valence-electron chi connectivity index (χ2n) is 4.90. The van der Waals surface area contributed by atoms with Gasteiger partial charge < -0.3 is 15.7 Å². The van der Waals surface area contributed by atoms with Crippen LogP contribution in [0.15, 0.2) is 0 Å². The normalized spacial score (nSPS) is 12.1. The largest absolute Gasteiger partial charge is 0.481 e. The monoisotopic (exact) mass is 272 g/mol. The molecular weight excluding hydrogens is 244 g/mol. The third-order valence-corrected chi connectivity index (χ3v) is 3.05. The van der Waals surface area contributed by atoms with Crippen molar-refractivity contribution in [2.24, 2.45) is 5.92 Å². The Balaban J connectivity index is 3.72. The topological polar surface area (TPSA) is 78.4 Å². The molecule has 0 bridgehead atoms. The van der Waals surface area contributed by atoms with Crippen LogP contribution in [-0.2, 0) is 9.59 Å². The van der Waals surface area contributed by atoms with Crippen molar-refractivity contribution in [3.8, 4) is 0 Å². The molecule has 0 saturated heterocycles. The number of hydrogen-bond acceptors (Lipinski definition) is 3. The minimum absolute atomic E-state index is 0.0157. The Labute approximate surface area is 116 Å². The van der Waals surface area contributed by atoms with Gasteiger partial charge in [-0.1, -0.05) is 26.7 Å². The second-order valence-corrected chi connectivity index (χ2v) is 4.90. The van der Waals surface area contributed by atoms with E-state index in [1.807, 2.05) is 0 Å². The van der Waals surface area contributed by atoms with E-state index in [1.165, 1.54) is 0 Å². The van der Waals surface area contributed by atoms with E-state index in [2.05, 4.69) is 24.5 Å². The maximum Gasteiger partial charge on any atom is 0.303 e. The molecule has 1 atom stereocenters. The highest BCUT2D eigenvalue weighted by Crippen LogP contribution is 2.16. The first-order valence-electron chi connectivity index (χ1n) is 7.29. The van der Waals surface area contributed by atoms with E-state index in [1.54, 1.807) is 0 Å². The average molecular weight is 272 g/mol. The van der Waals surface area contributed by atoms with E-state index in [0.29, 0.717) is 25.4 Å². The van der Waals surface area contributed by atoms with Crippen LogP contribution < -0.4 is 10.6 Å². The lowest BCUT2D eigenvalue weighted by Gasteiger charge is -2.15. The molecule has 1 unspecified atom stereocenters. The smallest absolute Gasteiger partial charge is 0.303 e. The molecule has 0 aliphatic heterocycles. The fourth-order valence-corrected chi connectivity index (χ4v) is 2.03. The van der Waals surface area contributed by atoms with Crippen LogP contribution >= 0.6 is 0 Å². The van der Waals surface area contributed by atoms with Crippen molar-refractivity contribution in [2.45, 2.75) is 52.4 Å². The molecule has 0 rings (SSSR count). The van der Waals surface area contributed by atoms with Gasteiger partial charge in [0.05, 0.1) is 6.54 Å². The number of carbonyl (C=O) groups excluding carboxylic acids is 1. The van der Waals surface area contributed by atoms with Gasteiger partial charge in [-0.05, 0) is 31.7 Å². The Kier molecular flexibility index (Phi) is 11.3. The molecule has 19 heavy (non-hydrogen) atoms. The minimum Gasteiger partial charge on any atom is -0.481 e. The van der Waals surface area contributed by atoms with Gasteiger partial charge in [0.2, 0.25) is 5.91 Å². The van der Waals surface area contributed by atoms with Crippen LogP contribution in [0.2, 0.25) is 0 Å². The van der Waals surface area contributed by atoms with Crippen molar-refractivity contribution in [3.05, 3.63) is 0 Å². The summed E-state index contributed by atoms with van der Waals surface area (Å²) in [6, 6.07) is 0. The molecule has 0 spiro atoms. The molecule has 0 saturated carbocycles. The highest BCUT2D eigenvalue weighted by atomic mass is 16.4. The molecule has 112 valence electrons. The van der Waals surface area contributed by atoms with Gasteiger partial charge in [0.25, 0.3) is 0 Å². The van der Waals surface area contributed by atoms with Crippen LogP contribution in [0.5, 0.6) is 0 Å². The van der Waals surface area contributed by atoms with Crippen molar-refractivity contribution in [2.75, 3.05) is 19.6 Å². The van der Waals surface area contributed by atoms with E-state index in [-0.39, 0.29) is 12.3 Å². The van der Waals surface area contributed by atoms with E-state index in [0.717, 1.165) is 32.2 Å². The standard InChI is InChI=1S/C14H28N2O3/c1-3-5-12(6-7-14(18)19)8-10-16-13(17)11-15-9-4-2/h12,15H,3-11H2,1-2H3,(H,16,17)(H,18,19). The van der Waals surface area contributed by atoms with Crippen molar-refractivity contribution >= 4 is 11.9 Å². The lowest BCUT2D eigenvalue weighted by molar-refractivity contribution is -0.137. The van der Waals surface area contributed by atoms with Crippen LogP contribution in [0.1, 0.15) is 52.4 Å². The third-order valence-electron chi connectivity index (χ3n) is 3.05. The summed E-state index contributed by atoms with van der Waals surface area (Å²) in [5.74, 6) is -0.333. The number of carboxylic acids is 1. The molecule has 0 fully saturated rings. The lowest BCUT2D eigenvalue weighted by Crippen LogP contribution is -2.35. The zero-order chi connectivity index (χ0) is 14.5. The van der Waals surface area contributed by atoms with Crippen LogP contribution in [-0.4, -0.2) is 36.6 Å². The predicted octanol–water partition coefficient (Wildman–Crippen LogP) is 1.77. The van der Waals surface area contributed by atoms with Crippen molar-refractivity contribution in [1.82, 2.24) is 10.6 Å². The molecule has 0 aromatic carbocycles. The Morgan fingerprint density at radius 1 is 1.05 bits per heavy atom. The highest BCUT2D eigenvalue weighted by Gasteiger charge is 2.10. The highest BCUT2D eigenvalue weighted by molar-refractivity contribution is 5.77. The van der Waals surface area contributed by atoms with Crippen LogP contribution in [0.4, 0.5) is 0 Å². The van der Waals surface area contributed by atoms with Gasteiger partial charge in [-0.2, -0.15) is 0 Å². The summed E-state index contributed by atoms with van der Waals surface area (Å²) in [7, 11) is 0. The Morgan fingerprint density at radius 3 is 2.37 bits per heavy atom. The van der Waals surface area contributed by atoms with Gasteiger partial charge in [-0.15, -0.1) is 0 Å². The molecule has 0 aromatic rings. The summed E-state index contributed by atoms with van der Waals surface area (Å²) in [4.78, 5) is 22.0. The number of carbonyl (C=O) groups is 2. The summed E-state index contributed by atoms with van der Waals surface area (Å²) < 4.78 is 0. The maximum atomic E-state index is 11.5. The molecule has 0 heterocycles. The first kappa shape index (κ1) is 17.9. The molecule has 1 amide bonds. The first-order chi connectivity index (χ1) is 9.10. The van der Waals surface area contributed by atoms with Crippen molar-refractivity contribution in [1.29, 1.82) is 0 Å². The molecule has 0 aliphatic rings. The Morgan fingerprint density at radius 2 is 1.79 bits per heavy atom. The van der Waals surface area contributed by atoms with E-state index in [9.17, 15) is 9.59 Å². The predicted molar refractivity (Wildman–Crippen MR) is 76.1 cm³/mol. The second kappa shape index (κ2) is 12.0. The number of amides is 1. The summed E-state index contributed by atoms with van der Waals surface area (Å²) in [5, 5.41) is 14.6. The van der Waals surface area contributed by atoms with E-state index < -0.39 is 5.97 Å². The average Bonchev–Trinajstić information content (AvgIpc) is 2.36. The van der Waals surface area contributed by atoms with Gasteiger partial charge in [-0.25, -0.2) is 0 Å². The third kappa shape index (κ3) is 11.7. The minimum atomic E-state index is -0.742. The molecular formula is C14H28N2O3. The van der Waals surface area contributed by atoms with Gasteiger partial charge in [0.1, 0.15) is 0 Å². The SMILES string of the molecule is CCCNCC(=O)NCCC(CCC)CCC(=O)O. The molecule has 3 N–H and O–H groups in total. The Hall–Kier alpha value is -1.10. The summed E-state index contributed by atoms with van der Waals surface area (Å²) >= 11 is 0. The van der Waals surface area contributed by atoms with Crippen LogP contribution in [0.3, 0.4) is 0 Å². The zero-order valence-corrected chi connectivity index (χ0v) is 12.2. The molecule has 5 nitrogen and oxygen atoms in total. The molecule has 0 radical (unpaired) electrons. The zero-order valence-electron chi connectivity index (χ0n) is 12.2. The number of hydrogen-bond donors (Lipinski definition) is 3. The molecule has 0 aliphatic carbocycles. The van der Waals surface area contributed by atoms with Crippen molar-refractivity contribution < 1.29 is 14.7 Å². The summed E-state index contributed by atoms with van der Waals surface area (Å²) in [5.41, 5.74) is 0. The van der Waals surface area contributed by atoms with Crippen molar-refractivity contribution in [3.63, 3.8) is 0 Å². The molecule has 0 aromatic heterocycles. The first-order valence-corrected chi connectivity index (χ1v) is 7.29. The molecule has 5 heteroatoms. The summed E-state index contributed by atoms with van der Waals surface area (Å²) in [6.45, 7) is 6.01. The number of nitrogens with one attached hydrogen (secondary N) is 2.